The van der Waals surface area contributed by atoms with Crippen molar-refractivity contribution in [3.63, 3.8) is 0 Å². The fraction of sp³-hybridized carbons (Fsp3) is 0.667. The predicted molar refractivity (Wildman–Crippen MR) is 156 cm³/mol. The molecule has 3 aromatic rings. The highest BCUT2D eigenvalue weighted by Crippen LogP contribution is 2.41. The van der Waals surface area contributed by atoms with Crippen molar-refractivity contribution in [3.05, 3.63) is 41.2 Å². The fourth-order valence-electron chi connectivity index (χ4n) is 6.69. The summed E-state index contributed by atoms with van der Waals surface area (Å²) in [5, 5.41) is 14.3. The quantitative estimate of drug-likeness (QED) is 0.333. The number of amides is 2. The highest BCUT2D eigenvalue weighted by atomic mass is 19.4. The Labute approximate surface area is 267 Å². The number of aryl methyl sites for hydroxylation is 1. The Bertz CT molecular complexity index is 1580. The molecule has 1 aliphatic carbocycles. The second kappa shape index (κ2) is 13.4. The predicted octanol–water partition coefficient (Wildman–Crippen LogP) is 3.33. The molecule has 2 saturated heterocycles. The first-order valence-electron chi connectivity index (χ1n) is 16.0. The van der Waals surface area contributed by atoms with Crippen molar-refractivity contribution in [1.29, 1.82) is 0 Å². The van der Waals surface area contributed by atoms with Gasteiger partial charge in [-0.25, -0.2) is 23.3 Å². The van der Waals surface area contributed by atoms with Crippen LogP contribution < -0.4 is 10.6 Å². The van der Waals surface area contributed by atoms with Crippen LogP contribution in [-0.2, 0) is 29.0 Å². The van der Waals surface area contributed by atoms with Gasteiger partial charge in [0, 0.05) is 64.1 Å². The van der Waals surface area contributed by atoms with Crippen LogP contribution in [0, 0.1) is 17.8 Å². The zero-order valence-electron chi connectivity index (χ0n) is 26.0. The molecule has 2 amide bonds. The number of nitrogens with one attached hydrogen (secondary N) is 2. The van der Waals surface area contributed by atoms with E-state index in [0.29, 0.717) is 62.2 Å². The van der Waals surface area contributed by atoms with Gasteiger partial charge in [0.1, 0.15) is 5.69 Å². The van der Waals surface area contributed by atoms with Crippen LogP contribution in [0.25, 0.3) is 5.78 Å². The third-order valence-corrected chi connectivity index (χ3v) is 9.41. The number of ether oxygens (including phenoxy) is 1. The molecule has 0 unspecified atom stereocenters. The van der Waals surface area contributed by atoms with Gasteiger partial charge in [0.25, 0.3) is 11.7 Å². The molecule has 3 aliphatic rings. The van der Waals surface area contributed by atoms with Gasteiger partial charge in [-0.3, -0.25) is 19.2 Å². The zero-order valence-corrected chi connectivity index (χ0v) is 26.0. The van der Waals surface area contributed by atoms with Crippen molar-refractivity contribution < 1.29 is 36.3 Å². The number of carbonyl (C=O) groups excluding carboxylic acids is 2. The van der Waals surface area contributed by atoms with Crippen LogP contribution in [0.2, 0.25) is 0 Å². The first-order chi connectivity index (χ1) is 22.4. The normalized spacial score (nSPS) is 23.5. The number of rotatable bonds is 9. The maximum absolute atomic E-state index is 14.1. The molecule has 0 radical (unpaired) electrons. The fourth-order valence-corrected chi connectivity index (χ4v) is 6.69. The van der Waals surface area contributed by atoms with Gasteiger partial charge >= 0.3 is 6.18 Å². The van der Waals surface area contributed by atoms with E-state index in [-0.39, 0.29) is 50.2 Å². The second-order valence-electron chi connectivity index (χ2n) is 12.6. The van der Waals surface area contributed by atoms with E-state index < -0.39 is 48.3 Å². The van der Waals surface area contributed by atoms with Gasteiger partial charge in [-0.1, -0.05) is 0 Å². The van der Waals surface area contributed by atoms with Crippen molar-refractivity contribution in [2.24, 2.45) is 17.8 Å². The number of halogens is 5. The summed E-state index contributed by atoms with van der Waals surface area (Å²) < 4.78 is 77.4. The molecule has 1 saturated carbocycles. The van der Waals surface area contributed by atoms with Crippen LogP contribution in [0.4, 0.5) is 22.0 Å². The van der Waals surface area contributed by atoms with Crippen molar-refractivity contribution in [2.75, 3.05) is 32.8 Å². The number of fused-ring (bicyclic) bond motifs is 1. The molecule has 5 heterocycles. The number of alkyl halides is 5. The standard InChI is InChI=1S/C30H38F5N9O3/c1-2-43-24(5-8-37-43)27(46)40-25(18-3-6-29(31,32)7-4-18)23-17-44-28(39-23)38-22(16-42-9-11-47-12-10-42)21(41-44)14-19-13-20(30(33,34)35)15-36-26(19)45/h5,8,17-20,25H,2-4,6-7,9-16H2,1H3,(H,36,45)(H,40,46)/t19-,20-,25+/m1/s1. The summed E-state index contributed by atoms with van der Waals surface area (Å²) in [5.74, 6) is -6.48. The van der Waals surface area contributed by atoms with Crippen molar-refractivity contribution in [1.82, 2.24) is 44.9 Å². The van der Waals surface area contributed by atoms with Gasteiger partial charge in [0.2, 0.25) is 11.8 Å². The summed E-state index contributed by atoms with van der Waals surface area (Å²) in [4.78, 5) is 37.7. The van der Waals surface area contributed by atoms with Crippen molar-refractivity contribution in [3.8, 4) is 0 Å². The third-order valence-electron chi connectivity index (χ3n) is 9.41. The molecule has 256 valence electrons. The van der Waals surface area contributed by atoms with Crippen LogP contribution in [0.5, 0.6) is 0 Å². The molecule has 0 bridgehead atoms. The Morgan fingerprint density at radius 3 is 2.62 bits per heavy atom. The lowest BCUT2D eigenvalue weighted by Crippen LogP contribution is -2.47. The number of nitrogens with zero attached hydrogens (tertiary/aromatic N) is 7. The number of carbonyl (C=O) groups is 2. The summed E-state index contributed by atoms with van der Waals surface area (Å²) in [6.07, 6.45) is -2.13. The van der Waals surface area contributed by atoms with Crippen LogP contribution in [-0.4, -0.2) is 91.0 Å². The molecular formula is C30H38F5N9O3. The molecule has 12 nitrogen and oxygen atoms in total. The maximum Gasteiger partial charge on any atom is 0.393 e. The van der Waals surface area contributed by atoms with Crippen LogP contribution in [0.1, 0.15) is 72.6 Å². The van der Waals surface area contributed by atoms with Crippen molar-refractivity contribution in [2.45, 2.75) is 76.7 Å². The van der Waals surface area contributed by atoms with Gasteiger partial charge in [-0.05, 0) is 38.2 Å². The van der Waals surface area contributed by atoms with Gasteiger partial charge in [-0.2, -0.15) is 23.4 Å². The maximum atomic E-state index is 14.1. The average molecular weight is 668 g/mol. The van der Waals surface area contributed by atoms with Crippen LogP contribution in [0.15, 0.2) is 18.5 Å². The van der Waals surface area contributed by atoms with Gasteiger partial charge in [-0.15, -0.1) is 0 Å². The van der Waals surface area contributed by atoms with Crippen molar-refractivity contribution >= 4 is 17.6 Å². The Morgan fingerprint density at radius 2 is 1.91 bits per heavy atom. The molecule has 47 heavy (non-hydrogen) atoms. The van der Waals surface area contributed by atoms with E-state index in [9.17, 15) is 31.5 Å². The number of hydrogen-bond donors (Lipinski definition) is 2. The molecule has 0 spiro atoms. The first-order valence-corrected chi connectivity index (χ1v) is 16.0. The SMILES string of the molecule is CCn1nccc1C(=O)N[C@H](c1cn2nc(C[C@H]3C[C@@H](C(F)(F)F)CNC3=O)c(CN3CCOCC3)nc2n1)C1CCC(F)(F)CC1. The number of aromatic nitrogens is 6. The monoisotopic (exact) mass is 667 g/mol. The minimum Gasteiger partial charge on any atom is -0.379 e. The average Bonchev–Trinajstić information content (AvgIpc) is 3.68. The number of imidazole rings is 1. The molecule has 6 rings (SSSR count). The van der Waals surface area contributed by atoms with E-state index in [1.165, 1.54) is 15.4 Å². The third kappa shape index (κ3) is 7.55. The summed E-state index contributed by atoms with van der Waals surface area (Å²) >= 11 is 0. The van der Waals surface area contributed by atoms with E-state index in [1.807, 2.05) is 6.92 Å². The number of piperidine rings is 1. The molecule has 3 fully saturated rings. The Hall–Kier alpha value is -3.73. The zero-order chi connectivity index (χ0) is 33.3. The smallest absolute Gasteiger partial charge is 0.379 e. The largest absolute Gasteiger partial charge is 0.393 e. The lowest BCUT2D eigenvalue weighted by Gasteiger charge is -2.33. The minimum absolute atomic E-state index is 0.0621. The first kappa shape index (κ1) is 33.2. The lowest BCUT2D eigenvalue weighted by molar-refractivity contribution is -0.183. The van der Waals surface area contributed by atoms with E-state index in [1.54, 1.807) is 12.3 Å². The molecule has 2 N–H and O–H groups in total. The van der Waals surface area contributed by atoms with Gasteiger partial charge < -0.3 is 15.4 Å². The second-order valence-corrected chi connectivity index (χ2v) is 12.6. The van der Waals surface area contributed by atoms with Crippen LogP contribution in [0.3, 0.4) is 0 Å². The highest BCUT2D eigenvalue weighted by molar-refractivity contribution is 5.92. The van der Waals surface area contributed by atoms with E-state index >= 15 is 0 Å². The van der Waals surface area contributed by atoms with E-state index in [0.717, 1.165) is 0 Å². The van der Waals surface area contributed by atoms with E-state index in [2.05, 4.69) is 20.6 Å². The number of morpholine rings is 1. The molecule has 2 aliphatic heterocycles. The Morgan fingerprint density at radius 1 is 1.17 bits per heavy atom. The molecule has 3 aromatic heterocycles. The topological polar surface area (TPSA) is 132 Å². The van der Waals surface area contributed by atoms with Crippen LogP contribution >= 0.6 is 0 Å². The Balaban J connectivity index is 1.34. The minimum atomic E-state index is -4.45. The summed E-state index contributed by atoms with van der Waals surface area (Å²) in [7, 11) is 0. The summed E-state index contributed by atoms with van der Waals surface area (Å²) in [6, 6.07) is 0.831. The van der Waals surface area contributed by atoms with E-state index in [4.69, 9.17) is 19.8 Å². The van der Waals surface area contributed by atoms with Gasteiger partial charge in [0.05, 0.1) is 48.5 Å². The molecule has 3 atom stereocenters. The summed E-state index contributed by atoms with van der Waals surface area (Å²) in [6.45, 7) is 4.40. The molecular weight excluding hydrogens is 629 g/mol. The summed E-state index contributed by atoms with van der Waals surface area (Å²) in [5.41, 5.74) is 1.53. The lowest BCUT2D eigenvalue weighted by atomic mass is 9.81. The Kier molecular flexibility index (Phi) is 9.47. The van der Waals surface area contributed by atoms with Gasteiger partial charge in [0.15, 0.2) is 0 Å². The number of hydrogen-bond acceptors (Lipinski definition) is 8. The molecule has 0 aromatic carbocycles. The molecule has 17 heteroatoms. The highest BCUT2D eigenvalue weighted by Gasteiger charge is 2.45.